The fourth-order valence-electron chi connectivity index (χ4n) is 1.28. The maximum Gasteiger partial charge on any atom is 0.314 e. The van der Waals surface area contributed by atoms with Crippen LogP contribution in [-0.2, 0) is 6.42 Å². The van der Waals surface area contributed by atoms with Crippen molar-refractivity contribution < 1.29 is 0 Å². The van der Waals surface area contributed by atoms with Gasteiger partial charge in [-0.2, -0.15) is 0 Å². The van der Waals surface area contributed by atoms with Gasteiger partial charge in [0.15, 0.2) is 0 Å². The summed E-state index contributed by atoms with van der Waals surface area (Å²) in [6.07, 6.45) is 5.49. The monoisotopic (exact) mass is 164 g/mol. The molecule has 0 fully saturated rings. The van der Waals surface area contributed by atoms with Crippen LogP contribution in [0.15, 0.2) is 15.7 Å². The second kappa shape index (κ2) is 2.48. The molecule has 4 heteroatoms. The molecule has 0 spiro atoms. The van der Waals surface area contributed by atoms with Crippen LogP contribution in [0.4, 0.5) is 0 Å². The van der Waals surface area contributed by atoms with Crippen LogP contribution < -0.4 is 11.1 Å². The van der Waals surface area contributed by atoms with Crippen molar-refractivity contribution >= 4 is 6.08 Å². The average molecular weight is 164 g/mol. The highest BCUT2D eigenvalue weighted by Crippen LogP contribution is 2.10. The maximum absolute atomic E-state index is 10.9. The molecule has 1 aliphatic rings. The molecule has 0 saturated heterocycles. The minimum Gasteiger partial charge on any atom is -0.319 e. The Balaban J connectivity index is 2.74. The SMILES string of the molecule is O=c1[nH]c2c([nH]c1=O)CCC=C2. The van der Waals surface area contributed by atoms with Crippen molar-refractivity contribution in [3.8, 4) is 0 Å². The molecule has 0 atom stereocenters. The smallest absolute Gasteiger partial charge is 0.314 e. The molecule has 0 unspecified atom stereocenters. The number of aromatic nitrogens is 2. The summed E-state index contributed by atoms with van der Waals surface area (Å²) in [5, 5.41) is 0. The largest absolute Gasteiger partial charge is 0.319 e. The maximum atomic E-state index is 10.9. The van der Waals surface area contributed by atoms with Crippen molar-refractivity contribution in [3.05, 3.63) is 38.2 Å². The van der Waals surface area contributed by atoms with E-state index in [0.717, 1.165) is 24.2 Å². The normalized spacial score (nSPS) is 14.3. The lowest BCUT2D eigenvalue weighted by molar-refractivity contribution is 0.874. The number of rotatable bonds is 0. The molecule has 0 aromatic carbocycles. The standard InChI is InChI=1S/C8H8N2O2/c11-7-8(12)10-6-4-2-1-3-5(6)9-7/h1,3H,2,4H2,(H,9,11)(H,10,12). The summed E-state index contributed by atoms with van der Waals surface area (Å²) in [5.74, 6) is 0. The van der Waals surface area contributed by atoms with Gasteiger partial charge in [-0.05, 0) is 18.9 Å². The van der Waals surface area contributed by atoms with Crippen molar-refractivity contribution in [2.24, 2.45) is 0 Å². The van der Waals surface area contributed by atoms with Gasteiger partial charge in [-0.25, -0.2) is 0 Å². The highest BCUT2D eigenvalue weighted by Gasteiger charge is 2.06. The lowest BCUT2D eigenvalue weighted by atomic mass is 10.1. The second-order valence-electron chi connectivity index (χ2n) is 2.74. The van der Waals surface area contributed by atoms with Gasteiger partial charge in [0.25, 0.3) is 0 Å². The molecule has 1 aliphatic carbocycles. The second-order valence-corrected chi connectivity index (χ2v) is 2.74. The minimum absolute atomic E-state index is 0.566. The molecular formula is C8H8N2O2. The third kappa shape index (κ3) is 1.01. The van der Waals surface area contributed by atoms with E-state index in [9.17, 15) is 9.59 Å². The summed E-state index contributed by atoms with van der Waals surface area (Å²) < 4.78 is 0. The number of aromatic amines is 2. The first-order valence-corrected chi connectivity index (χ1v) is 3.79. The van der Waals surface area contributed by atoms with E-state index < -0.39 is 11.1 Å². The molecule has 1 aromatic heterocycles. The quantitative estimate of drug-likeness (QED) is 0.531. The van der Waals surface area contributed by atoms with Gasteiger partial charge in [0.1, 0.15) is 0 Å². The Kier molecular flexibility index (Phi) is 1.46. The fourth-order valence-corrected chi connectivity index (χ4v) is 1.28. The average Bonchev–Trinajstić information content (AvgIpc) is 2.07. The lowest BCUT2D eigenvalue weighted by Gasteiger charge is -2.07. The third-order valence-corrected chi connectivity index (χ3v) is 1.89. The third-order valence-electron chi connectivity index (χ3n) is 1.89. The first-order valence-electron chi connectivity index (χ1n) is 3.79. The Bertz CT molecular complexity index is 439. The predicted molar refractivity (Wildman–Crippen MR) is 45.0 cm³/mol. The number of H-pyrrole nitrogens is 2. The molecule has 12 heavy (non-hydrogen) atoms. The van der Waals surface area contributed by atoms with Crippen LogP contribution in [0.1, 0.15) is 17.8 Å². The molecule has 0 bridgehead atoms. The molecule has 0 saturated carbocycles. The summed E-state index contributed by atoms with van der Waals surface area (Å²) in [6, 6.07) is 0. The van der Waals surface area contributed by atoms with Crippen molar-refractivity contribution in [2.45, 2.75) is 12.8 Å². The number of allylic oxidation sites excluding steroid dienone is 1. The summed E-state index contributed by atoms with van der Waals surface area (Å²) in [5.41, 5.74) is 0.400. The first-order chi connectivity index (χ1) is 5.77. The zero-order valence-corrected chi connectivity index (χ0v) is 6.39. The van der Waals surface area contributed by atoms with Crippen LogP contribution in [0, 0.1) is 0 Å². The zero-order chi connectivity index (χ0) is 8.55. The highest BCUT2D eigenvalue weighted by molar-refractivity contribution is 5.49. The van der Waals surface area contributed by atoms with Gasteiger partial charge in [-0.3, -0.25) is 9.59 Å². The molecular weight excluding hydrogens is 156 g/mol. The van der Waals surface area contributed by atoms with Gasteiger partial charge in [0, 0.05) is 5.69 Å². The zero-order valence-electron chi connectivity index (χ0n) is 6.39. The van der Waals surface area contributed by atoms with Gasteiger partial charge in [0.05, 0.1) is 5.69 Å². The number of fused-ring (bicyclic) bond motifs is 1. The minimum atomic E-state index is -0.583. The van der Waals surface area contributed by atoms with E-state index in [0.29, 0.717) is 0 Å². The van der Waals surface area contributed by atoms with Crippen molar-refractivity contribution in [3.63, 3.8) is 0 Å². The lowest BCUT2D eigenvalue weighted by Crippen LogP contribution is -2.31. The van der Waals surface area contributed by atoms with Gasteiger partial charge in [0.2, 0.25) is 0 Å². The fraction of sp³-hybridized carbons (Fsp3) is 0.250. The number of aryl methyl sites for hydroxylation is 1. The molecule has 2 N–H and O–H groups in total. The Morgan fingerprint density at radius 2 is 1.92 bits per heavy atom. The predicted octanol–water partition coefficient (Wildman–Crippen LogP) is 0.0226. The summed E-state index contributed by atoms with van der Waals surface area (Å²) in [7, 11) is 0. The van der Waals surface area contributed by atoms with Crippen LogP contribution in [0.2, 0.25) is 0 Å². The van der Waals surface area contributed by atoms with E-state index >= 15 is 0 Å². The molecule has 0 amide bonds. The molecule has 1 heterocycles. The summed E-state index contributed by atoms with van der Waals surface area (Å²) >= 11 is 0. The van der Waals surface area contributed by atoms with Crippen LogP contribution >= 0.6 is 0 Å². The summed E-state index contributed by atoms with van der Waals surface area (Å²) in [4.78, 5) is 26.8. The Hall–Kier alpha value is -1.58. The molecule has 0 aliphatic heterocycles. The van der Waals surface area contributed by atoms with E-state index in [-0.39, 0.29) is 0 Å². The van der Waals surface area contributed by atoms with E-state index in [1.807, 2.05) is 12.2 Å². The number of nitrogens with one attached hydrogen (secondary N) is 2. The van der Waals surface area contributed by atoms with E-state index in [1.165, 1.54) is 0 Å². The van der Waals surface area contributed by atoms with Crippen LogP contribution in [-0.4, -0.2) is 9.97 Å². The van der Waals surface area contributed by atoms with Crippen molar-refractivity contribution in [1.29, 1.82) is 0 Å². The molecule has 2 rings (SSSR count). The Morgan fingerprint density at radius 3 is 2.75 bits per heavy atom. The van der Waals surface area contributed by atoms with E-state index in [4.69, 9.17) is 0 Å². The number of hydrogen-bond acceptors (Lipinski definition) is 2. The van der Waals surface area contributed by atoms with Gasteiger partial charge >= 0.3 is 11.1 Å². The van der Waals surface area contributed by atoms with Crippen LogP contribution in [0.3, 0.4) is 0 Å². The van der Waals surface area contributed by atoms with E-state index in [1.54, 1.807) is 0 Å². The molecule has 0 radical (unpaired) electrons. The topological polar surface area (TPSA) is 65.7 Å². The Labute approximate surface area is 68.0 Å². The highest BCUT2D eigenvalue weighted by atomic mass is 16.2. The van der Waals surface area contributed by atoms with Crippen molar-refractivity contribution in [1.82, 2.24) is 9.97 Å². The van der Waals surface area contributed by atoms with Gasteiger partial charge in [-0.1, -0.05) is 6.08 Å². The van der Waals surface area contributed by atoms with Crippen LogP contribution in [0.25, 0.3) is 6.08 Å². The molecule has 1 aromatic rings. The molecule has 62 valence electrons. The molecule has 4 nitrogen and oxygen atoms in total. The van der Waals surface area contributed by atoms with Gasteiger partial charge < -0.3 is 9.97 Å². The first kappa shape index (κ1) is 7.09. The van der Waals surface area contributed by atoms with Crippen LogP contribution in [0.5, 0.6) is 0 Å². The van der Waals surface area contributed by atoms with E-state index in [2.05, 4.69) is 9.97 Å². The number of hydrogen-bond donors (Lipinski definition) is 2. The van der Waals surface area contributed by atoms with Crippen molar-refractivity contribution in [2.75, 3.05) is 0 Å². The summed E-state index contributed by atoms with van der Waals surface area (Å²) in [6.45, 7) is 0. The van der Waals surface area contributed by atoms with Gasteiger partial charge in [-0.15, -0.1) is 0 Å². The Morgan fingerprint density at radius 1 is 1.17 bits per heavy atom.